The van der Waals surface area contributed by atoms with Crippen LogP contribution in [0.4, 0.5) is 11.4 Å². The molecule has 0 saturated heterocycles. The number of benzene rings is 1. The van der Waals surface area contributed by atoms with Gasteiger partial charge in [0.05, 0.1) is 6.42 Å². The van der Waals surface area contributed by atoms with Gasteiger partial charge in [-0.2, -0.15) is 0 Å². The maximum Gasteiger partial charge on any atom is 0.303 e. The molecule has 5 heteroatoms. The van der Waals surface area contributed by atoms with Crippen molar-refractivity contribution in [3.63, 3.8) is 0 Å². The summed E-state index contributed by atoms with van der Waals surface area (Å²) in [6, 6.07) is 5.87. The molecule has 1 unspecified atom stereocenters. The Balaban J connectivity index is 2.46. The second kappa shape index (κ2) is 5.53. The van der Waals surface area contributed by atoms with E-state index in [0.717, 1.165) is 16.9 Å². The lowest BCUT2D eigenvalue weighted by molar-refractivity contribution is -0.137. The minimum Gasteiger partial charge on any atom is -0.481 e. The van der Waals surface area contributed by atoms with E-state index in [4.69, 9.17) is 5.11 Å². The van der Waals surface area contributed by atoms with Crippen molar-refractivity contribution < 1.29 is 14.7 Å². The molecule has 1 heterocycles. The molecule has 2 rings (SSSR count). The summed E-state index contributed by atoms with van der Waals surface area (Å²) in [5.41, 5.74) is 2.82. The summed E-state index contributed by atoms with van der Waals surface area (Å²) in [7, 11) is 3.89. The minimum absolute atomic E-state index is 0.00220. The fraction of sp³-hybridized carbons (Fsp3) is 0.467. The molecule has 0 spiro atoms. The summed E-state index contributed by atoms with van der Waals surface area (Å²) < 4.78 is 0. The number of rotatable bonds is 3. The van der Waals surface area contributed by atoms with E-state index in [2.05, 4.69) is 0 Å². The summed E-state index contributed by atoms with van der Waals surface area (Å²) in [5, 5.41) is 9.05. The highest BCUT2D eigenvalue weighted by molar-refractivity contribution is 5.93. The van der Waals surface area contributed by atoms with Crippen LogP contribution in [0.5, 0.6) is 0 Å². The number of anilines is 2. The first-order valence-electron chi connectivity index (χ1n) is 6.71. The fourth-order valence-corrected chi connectivity index (χ4v) is 2.70. The molecule has 108 valence electrons. The number of hydrogen-bond acceptors (Lipinski definition) is 3. The van der Waals surface area contributed by atoms with Gasteiger partial charge in [0.15, 0.2) is 0 Å². The van der Waals surface area contributed by atoms with Gasteiger partial charge in [-0.15, -0.1) is 0 Å². The Hall–Kier alpha value is -2.04. The molecule has 1 aromatic carbocycles. The largest absolute Gasteiger partial charge is 0.481 e. The van der Waals surface area contributed by atoms with Crippen molar-refractivity contribution in [2.45, 2.75) is 25.7 Å². The predicted octanol–water partition coefficient (Wildman–Crippen LogP) is 2.07. The molecule has 5 nitrogen and oxygen atoms in total. The number of carboxylic acids is 1. The number of aliphatic carboxylic acids is 1. The zero-order valence-electron chi connectivity index (χ0n) is 12.1. The predicted molar refractivity (Wildman–Crippen MR) is 78.4 cm³/mol. The Morgan fingerprint density at radius 1 is 1.40 bits per heavy atom. The van der Waals surface area contributed by atoms with Crippen molar-refractivity contribution >= 4 is 23.3 Å². The van der Waals surface area contributed by atoms with Crippen molar-refractivity contribution in [2.75, 3.05) is 30.4 Å². The lowest BCUT2D eigenvalue weighted by Gasteiger charge is -2.34. The Morgan fingerprint density at radius 3 is 2.65 bits per heavy atom. The van der Waals surface area contributed by atoms with Gasteiger partial charge in [0.2, 0.25) is 5.91 Å². The molecule has 1 N–H and O–H groups in total. The minimum atomic E-state index is -0.799. The van der Waals surface area contributed by atoms with Crippen molar-refractivity contribution in [3.05, 3.63) is 23.8 Å². The van der Waals surface area contributed by atoms with Gasteiger partial charge >= 0.3 is 5.97 Å². The van der Waals surface area contributed by atoms with Crippen LogP contribution in [0.3, 0.4) is 0 Å². The van der Waals surface area contributed by atoms with Crippen molar-refractivity contribution in [1.82, 2.24) is 0 Å². The number of nitrogens with zero attached hydrogens (tertiary/aromatic N) is 2. The van der Waals surface area contributed by atoms with E-state index in [9.17, 15) is 9.59 Å². The van der Waals surface area contributed by atoms with E-state index in [0.29, 0.717) is 13.0 Å². The highest BCUT2D eigenvalue weighted by Gasteiger charge is 2.28. The normalized spacial score (nSPS) is 17.6. The van der Waals surface area contributed by atoms with Crippen LogP contribution in [0.2, 0.25) is 0 Å². The Labute approximate surface area is 118 Å². The number of hydrogen-bond donors (Lipinski definition) is 1. The molecular weight excluding hydrogens is 256 g/mol. The van der Waals surface area contributed by atoms with Crippen molar-refractivity contribution in [2.24, 2.45) is 0 Å². The van der Waals surface area contributed by atoms with Gasteiger partial charge in [-0.1, -0.05) is 0 Å². The van der Waals surface area contributed by atoms with Gasteiger partial charge in [0, 0.05) is 38.9 Å². The van der Waals surface area contributed by atoms with Crippen LogP contribution in [-0.2, 0) is 9.59 Å². The van der Waals surface area contributed by atoms with E-state index < -0.39 is 5.97 Å². The SMILES string of the molecule is CC(=O)N1CCC(CC(=O)O)c2cc(N(C)C)ccc21. The molecule has 1 aromatic rings. The topological polar surface area (TPSA) is 60.9 Å². The third-order valence-corrected chi connectivity index (χ3v) is 3.76. The van der Waals surface area contributed by atoms with Crippen LogP contribution >= 0.6 is 0 Å². The van der Waals surface area contributed by atoms with E-state index in [1.807, 2.05) is 37.2 Å². The summed E-state index contributed by atoms with van der Waals surface area (Å²) in [6.45, 7) is 2.13. The monoisotopic (exact) mass is 276 g/mol. The van der Waals surface area contributed by atoms with Crippen LogP contribution in [0, 0.1) is 0 Å². The average molecular weight is 276 g/mol. The highest BCUT2D eigenvalue weighted by Crippen LogP contribution is 2.39. The van der Waals surface area contributed by atoms with Gasteiger partial charge in [0.1, 0.15) is 0 Å². The van der Waals surface area contributed by atoms with Crippen molar-refractivity contribution in [3.8, 4) is 0 Å². The standard InChI is InChI=1S/C15H20N2O3/c1-10(18)17-7-6-11(8-15(19)20)13-9-12(16(2)3)4-5-14(13)17/h4-5,9,11H,6-8H2,1-3H3,(H,19,20). The van der Waals surface area contributed by atoms with Gasteiger partial charge in [-0.25, -0.2) is 0 Å². The van der Waals surface area contributed by atoms with Gasteiger partial charge < -0.3 is 14.9 Å². The molecule has 0 aromatic heterocycles. The Kier molecular flexibility index (Phi) is 3.97. The van der Waals surface area contributed by atoms with Crippen LogP contribution in [0.25, 0.3) is 0 Å². The fourth-order valence-electron chi connectivity index (χ4n) is 2.70. The van der Waals surface area contributed by atoms with Gasteiger partial charge in [0.25, 0.3) is 0 Å². The van der Waals surface area contributed by atoms with Crippen LogP contribution in [0.1, 0.15) is 31.2 Å². The first-order valence-corrected chi connectivity index (χ1v) is 6.71. The second-order valence-electron chi connectivity index (χ2n) is 5.39. The van der Waals surface area contributed by atoms with Crippen LogP contribution in [0.15, 0.2) is 18.2 Å². The molecule has 0 saturated carbocycles. The summed E-state index contributed by atoms with van der Waals surface area (Å²) in [5.74, 6) is -0.830. The Bertz CT molecular complexity index is 540. The molecule has 20 heavy (non-hydrogen) atoms. The lowest BCUT2D eigenvalue weighted by Crippen LogP contribution is -2.35. The quantitative estimate of drug-likeness (QED) is 0.918. The molecule has 0 radical (unpaired) electrons. The third kappa shape index (κ3) is 2.76. The van der Waals surface area contributed by atoms with Gasteiger partial charge in [-0.3, -0.25) is 9.59 Å². The lowest BCUT2D eigenvalue weighted by atomic mass is 9.87. The number of carbonyl (C=O) groups is 2. The molecular formula is C15H20N2O3. The van der Waals surface area contributed by atoms with Crippen molar-refractivity contribution in [1.29, 1.82) is 0 Å². The van der Waals surface area contributed by atoms with E-state index in [-0.39, 0.29) is 18.2 Å². The molecule has 0 bridgehead atoms. The maximum atomic E-state index is 11.7. The van der Waals surface area contributed by atoms with E-state index in [1.54, 1.807) is 11.8 Å². The smallest absolute Gasteiger partial charge is 0.303 e. The average Bonchev–Trinajstić information content (AvgIpc) is 2.37. The molecule has 1 atom stereocenters. The van der Waals surface area contributed by atoms with Crippen LogP contribution < -0.4 is 9.80 Å². The Morgan fingerprint density at radius 2 is 2.10 bits per heavy atom. The summed E-state index contributed by atoms with van der Waals surface area (Å²) >= 11 is 0. The highest BCUT2D eigenvalue weighted by atomic mass is 16.4. The summed E-state index contributed by atoms with van der Waals surface area (Å²) in [6.07, 6.45) is 0.797. The van der Waals surface area contributed by atoms with E-state index in [1.165, 1.54) is 0 Å². The van der Waals surface area contributed by atoms with E-state index >= 15 is 0 Å². The second-order valence-corrected chi connectivity index (χ2v) is 5.39. The maximum absolute atomic E-state index is 11.7. The molecule has 0 aliphatic carbocycles. The molecule has 1 aliphatic rings. The number of carboxylic acid groups (broad SMARTS) is 1. The molecule has 1 aliphatic heterocycles. The third-order valence-electron chi connectivity index (χ3n) is 3.76. The van der Waals surface area contributed by atoms with Crippen LogP contribution in [-0.4, -0.2) is 37.6 Å². The van der Waals surface area contributed by atoms with Gasteiger partial charge in [-0.05, 0) is 36.1 Å². The molecule has 1 amide bonds. The number of carbonyl (C=O) groups excluding carboxylic acids is 1. The summed E-state index contributed by atoms with van der Waals surface area (Å²) in [4.78, 5) is 26.4. The first kappa shape index (κ1) is 14.4. The zero-order chi connectivity index (χ0) is 14.9. The first-order chi connectivity index (χ1) is 9.40. The number of fused-ring (bicyclic) bond motifs is 1. The zero-order valence-corrected chi connectivity index (χ0v) is 12.1. The number of amides is 1. The molecule has 0 fully saturated rings.